The lowest BCUT2D eigenvalue weighted by Crippen LogP contribution is -2.49. The van der Waals surface area contributed by atoms with E-state index in [0.29, 0.717) is 19.0 Å². The number of ether oxygens (including phenoxy) is 2. The largest absolute Gasteiger partial charge is 0.378 e. The summed E-state index contributed by atoms with van der Waals surface area (Å²) in [6.07, 6.45) is 5.39. The topological polar surface area (TPSA) is 123 Å². The third-order valence-corrected chi connectivity index (χ3v) is 7.82. The van der Waals surface area contributed by atoms with Crippen LogP contribution in [0.25, 0.3) is 21.6 Å². The molecule has 3 aromatic heterocycles. The predicted molar refractivity (Wildman–Crippen MR) is 139 cm³/mol. The third kappa shape index (κ3) is 5.41. The van der Waals surface area contributed by atoms with Crippen molar-refractivity contribution in [2.45, 2.75) is 25.4 Å². The Bertz CT molecular complexity index is 1200. The lowest BCUT2D eigenvalue weighted by Gasteiger charge is -2.37. The molecule has 0 spiro atoms. The predicted octanol–water partition coefficient (Wildman–Crippen LogP) is 1.64. The number of hydrogen-bond donors (Lipinski definition) is 1. The summed E-state index contributed by atoms with van der Waals surface area (Å²) in [7, 11) is 3.43. The first-order valence-corrected chi connectivity index (χ1v) is 13.0. The molecule has 11 nitrogen and oxygen atoms in total. The van der Waals surface area contributed by atoms with Crippen LogP contribution in [-0.4, -0.2) is 102 Å². The van der Waals surface area contributed by atoms with Crippen LogP contribution in [-0.2, 0) is 20.8 Å². The van der Waals surface area contributed by atoms with E-state index in [1.807, 2.05) is 11.9 Å². The van der Waals surface area contributed by atoms with Gasteiger partial charge >= 0.3 is 0 Å². The smallest absolute Gasteiger partial charge is 0.248 e. The van der Waals surface area contributed by atoms with Gasteiger partial charge in [0, 0.05) is 63.6 Å². The third-order valence-electron chi connectivity index (χ3n) is 6.71. The number of likely N-dealkylation sites (N-methyl/N-ethyl adjacent to an activating group) is 1. The number of nitrogen functional groups attached to an aromatic ring is 1. The fourth-order valence-corrected chi connectivity index (χ4v) is 5.91. The maximum absolute atomic E-state index is 12.3. The highest BCUT2D eigenvalue weighted by Gasteiger charge is 2.27. The lowest BCUT2D eigenvalue weighted by molar-refractivity contribution is -0.137. The number of amides is 1. The van der Waals surface area contributed by atoms with Crippen LogP contribution in [0.5, 0.6) is 0 Å². The number of hydrogen-bond acceptors (Lipinski definition) is 11. The highest BCUT2D eigenvalue weighted by molar-refractivity contribution is 7.19. The number of methoxy groups -OCH3 is 1. The van der Waals surface area contributed by atoms with Crippen LogP contribution in [0.15, 0.2) is 18.5 Å². The number of likely N-dealkylation sites (tertiary alicyclic amines) is 1. The highest BCUT2D eigenvalue weighted by atomic mass is 32.1. The van der Waals surface area contributed by atoms with Gasteiger partial charge in [-0.2, -0.15) is 0 Å². The fraction of sp³-hybridized carbons (Fsp3) is 0.542. The van der Waals surface area contributed by atoms with Gasteiger partial charge in [0.15, 0.2) is 11.6 Å². The van der Waals surface area contributed by atoms with Gasteiger partial charge in [0.25, 0.3) is 0 Å². The van der Waals surface area contributed by atoms with Crippen LogP contribution in [0.2, 0.25) is 0 Å². The first kappa shape index (κ1) is 24.8. The number of thiophene rings is 1. The summed E-state index contributed by atoms with van der Waals surface area (Å²) in [4.78, 5) is 38.1. The van der Waals surface area contributed by atoms with Crippen molar-refractivity contribution in [3.05, 3.63) is 23.3 Å². The molecule has 2 saturated heterocycles. The van der Waals surface area contributed by atoms with Crippen LogP contribution < -0.4 is 10.6 Å². The van der Waals surface area contributed by atoms with Crippen molar-refractivity contribution in [1.82, 2.24) is 29.7 Å². The minimum atomic E-state index is 0.0239. The Hall–Kier alpha value is -2.93. The van der Waals surface area contributed by atoms with Crippen molar-refractivity contribution < 1.29 is 14.3 Å². The van der Waals surface area contributed by atoms with Gasteiger partial charge in [-0.25, -0.2) is 19.9 Å². The second-order valence-electron chi connectivity index (χ2n) is 9.20. The van der Waals surface area contributed by atoms with Crippen LogP contribution in [0.3, 0.4) is 0 Å². The molecule has 0 aromatic carbocycles. The summed E-state index contributed by atoms with van der Waals surface area (Å²) in [5, 5.41) is 0. The molecular weight excluding hydrogens is 480 g/mol. The molecule has 5 rings (SSSR count). The Labute approximate surface area is 214 Å². The molecule has 1 atom stereocenters. The molecule has 2 aliphatic rings. The first-order chi connectivity index (χ1) is 17.5. The lowest BCUT2D eigenvalue weighted by atomic mass is 10.0. The number of carbonyl (C=O) groups excluding carboxylic acids is 1. The van der Waals surface area contributed by atoms with Crippen molar-refractivity contribution in [2.24, 2.45) is 0 Å². The molecule has 5 heterocycles. The number of morpholine rings is 1. The SMILES string of the molecule is COCC(=O)N(C)C1CCCN(Cc2cc3nc(-c4cnc(N)nc4)nc(N4CCOCC4)c3s2)C1. The van der Waals surface area contributed by atoms with Crippen LogP contribution in [0.1, 0.15) is 17.7 Å². The number of aromatic nitrogens is 4. The van der Waals surface area contributed by atoms with E-state index in [-0.39, 0.29) is 24.5 Å². The molecule has 3 aromatic rings. The molecule has 2 aliphatic heterocycles. The maximum atomic E-state index is 12.3. The van der Waals surface area contributed by atoms with E-state index in [1.54, 1.807) is 30.8 Å². The number of fused-ring (bicyclic) bond motifs is 1. The molecule has 192 valence electrons. The number of nitrogens with two attached hydrogens (primary N) is 1. The summed E-state index contributed by atoms with van der Waals surface area (Å²) in [6, 6.07) is 2.35. The number of nitrogens with zero attached hydrogens (tertiary/aromatic N) is 7. The second-order valence-corrected chi connectivity index (χ2v) is 10.3. The molecule has 1 amide bonds. The van der Waals surface area contributed by atoms with Gasteiger partial charge < -0.3 is 25.0 Å². The summed E-state index contributed by atoms with van der Waals surface area (Å²) in [5.74, 6) is 1.76. The Morgan fingerprint density at radius 1 is 1.25 bits per heavy atom. The molecule has 0 aliphatic carbocycles. The van der Waals surface area contributed by atoms with Crippen molar-refractivity contribution >= 4 is 39.2 Å². The average Bonchev–Trinajstić information content (AvgIpc) is 3.31. The van der Waals surface area contributed by atoms with E-state index < -0.39 is 0 Å². The Balaban J connectivity index is 1.41. The zero-order valence-corrected chi connectivity index (χ0v) is 21.5. The Kier molecular flexibility index (Phi) is 7.56. The molecule has 12 heteroatoms. The van der Waals surface area contributed by atoms with Gasteiger partial charge in [0.1, 0.15) is 6.61 Å². The highest BCUT2D eigenvalue weighted by Crippen LogP contribution is 2.35. The minimum absolute atomic E-state index is 0.0239. The molecule has 0 saturated carbocycles. The Morgan fingerprint density at radius 2 is 2.03 bits per heavy atom. The van der Waals surface area contributed by atoms with Gasteiger partial charge in [0.2, 0.25) is 11.9 Å². The van der Waals surface area contributed by atoms with Crippen LogP contribution in [0, 0.1) is 0 Å². The normalized spacial score (nSPS) is 19.1. The van der Waals surface area contributed by atoms with Gasteiger partial charge in [0.05, 0.1) is 29.0 Å². The van der Waals surface area contributed by atoms with Gasteiger partial charge in [-0.1, -0.05) is 0 Å². The quantitative estimate of drug-likeness (QED) is 0.500. The van der Waals surface area contributed by atoms with E-state index in [9.17, 15) is 4.79 Å². The zero-order valence-electron chi connectivity index (χ0n) is 20.7. The second kappa shape index (κ2) is 11.0. The van der Waals surface area contributed by atoms with E-state index in [1.165, 1.54) is 4.88 Å². The van der Waals surface area contributed by atoms with Crippen molar-refractivity contribution in [3.63, 3.8) is 0 Å². The zero-order chi connectivity index (χ0) is 25.1. The molecular formula is C24H32N8O3S. The summed E-state index contributed by atoms with van der Waals surface area (Å²) >= 11 is 1.74. The van der Waals surface area contributed by atoms with E-state index in [2.05, 4.69) is 25.8 Å². The van der Waals surface area contributed by atoms with Crippen molar-refractivity contribution in [3.8, 4) is 11.4 Å². The van der Waals surface area contributed by atoms with E-state index in [4.69, 9.17) is 25.2 Å². The molecule has 0 bridgehead atoms. The Morgan fingerprint density at radius 3 is 2.78 bits per heavy atom. The maximum Gasteiger partial charge on any atom is 0.248 e. The van der Waals surface area contributed by atoms with Gasteiger partial charge in [-0.15, -0.1) is 11.3 Å². The van der Waals surface area contributed by atoms with Gasteiger partial charge in [-0.3, -0.25) is 9.69 Å². The standard InChI is InChI=1S/C24H32N8O3S/c1-30(20(33)15-34-2)17-4-3-5-31(13-17)14-18-10-19-21(36-18)23(32-6-8-35-9-7-32)29-22(28-19)16-11-26-24(25)27-12-16/h10-12,17H,3-9,13-15H2,1-2H3,(H2,25,26,27). The van der Waals surface area contributed by atoms with Gasteiger partial charge in [-0.05, 0) is 25.5 Å². The number of anilines is 2. The molecule has 1 unspecified atom stereocenters. The number of piperidine rings is 1. The summed E-state index contributed by atoms with van der Waals surface area (Å²) < 4.78 is 11.7. The molecule has 0 radical (unpaired) electrons. The van der Waals surface area contributed by atoms with E-state index in [0.717, 1.165) is 67.2 Å². The number of carbonyl (C=O) groups is 1. The molecule has 2 N–H and O–H groups in total. The van der Waals surface area contributed by atoms with Crippen molar-refractivity contribution in [2.75, 3.05) is 70.8 Å². The first-order valence-electron chi connectivity index (χ1n) is 12.2. The number of rotatable bonds is 7. The monoisotopic (exact) mass is 512 g/mol. The van der Waals surface area contributed by atoms with Crippen molar-refractivity contribution in [1.29, 1.82) is 0 Å². The molecule has 36 heavy (non-hydrogen) atoms. The van der Waals surface area contributed by atoms with E-state index >= 15 is 0 Å². The van der Waals surface area contributed by atoms with Crippen LogP contribution in [0.4, 0.5) is 11.8 Å². The summed E-state index contributed by atoms with van der Waals surface area (Å²) in [6.45, 7) is 5.70. The fourth-order valence-electron chi connectivity index (χ4n) is 4.75. The molecule has 2 fully saturated rings. The minimum Gasteiger partial charge on any atom is -0.378 e. The van der Waals surface area contributed by atoms with Crippen LogP contribution >= 0.6 is 11.3 Å². The summed E-state index contributed by atoms with van der Waals surface area (Å²) in [5.41, 5.74) is 7.33. The average molecular weight is 513 g/mol.